The van der Waals surface area contributed by atoms with Crippen molar-refractivity contribution in [2.45, 2.75) is 6.18 Å². The van der Waals surface area contributed by atoms with Crippen LogP contribution in [0.3, 0.4) is 0 Å². The van der Waals surface area contributed by atoms with Gasteiger partial charge in [0.25, 0.3) is 11.7 Å². The van der Waals surface area contributed by atoms with E-state index in [0.717, 1.165) is 16.9 Å². The Balaban J connectivity index is 1.42. The lowest BCUT2D eigenvalue weighted by Gasteiger charge is -2.35. The van der Waals surface area contributed by atoms with Crippen molar-refractivity contribution in [2.24, 2.45) is 0 Å². The van der Waals surface area contributed by atoms with E-state index in [1.807, 2.05) is 4.90 Å². The molecule has 1 amide bonds. The van der Waals surface area contributed by atoms with Gasteiger partial charge in [0.05, 0.1) is 16.9 Å². The molecule has 1 aliphatic heterocycles. The molecule has 0 N–H and O–H groups in total. The molecule has 2 aromatic carbocycles. The Hall–Kier alpha value is -3.50. The predicted molar refractivity (Wildman–Crippen MR) is 98.7 cm³/mol. The number of hydrogen-bond acceptors (Lipinski definition) is 5. The molecule has 0 bridgehead atoms. The largest absolute Gasteiger partial charge is 0.416 e. The lowest BCUT2D eigenvalue weighted by molar-refractivity contribution is -0.137. The third-order valence-electron chi connectivity index (χ3n) is 4.79. The number of carbonyl (C=O) groups is 1. The van der Waals surface area contributed by atoms with Gasteiger partial charge in [0.15, 0.2) is 0 Å². The zero-order valence-corrected chi connectivity index (χ0v) is 15.6. The van der Waals surface area contributed by atoms with E-state index >= 15 is 0 Å². The van der Waals surface area contributed by atoms with Crippen LogP contribution < -0.4 is 4.90 Å². The average Bonchev–Trinajstić information content (AvgIpc) is 3.23. The van der Waals surface area contributed by atoms with E-state index in [1.54, 1.807) is 18.2 Å². The molecule has 0 atom stereocenters. The maximum absolute atomic E-state index is 13.9. The summed E-state index contributed by atoms with van der Waals surface area (Å²) in [6.45, 7) is 1.59. The summed E-state index contributed by atoms with van der Waals surface area (Å²) in [6.07, 6.45) is -4.44. The first-order valence-electron chi connectivity index (χ1n) is 9.09. The monoisotopic (exact) mass is 420 g/mol. The molecule has 0 saturated carbocycles. The molecule has 3 aromatic rings. The Morgan fingerprint density at radius 2 is 1.60 bits per heavy atom. The van der Waals surface area contributed by atoms with Crippen molar-refractivity contribution in [2.75, 3.05) is 31.1 Å². The molecule has 1 fully saturated rings. The quantitative estimate of drug-likeness (QED) is 0.610. The molecule has 1 aliphatic rings. The summed E-state index contributed by atoms with van der Waals surface area (Å²) in [6, 6.07) is 10.6. The fourth-order valence-corrected chi connectivity index (χ4v) is 3.19. The summed E-state index contributed by atoms with van der Waals surface area (Å²) in [7, 11) is 0. The topological polar surface area (TPSA) is 67.2 Å². The van der Waals surface area contributed by atoms with E-state index in [-0.39, 0.29) is 17.3 Å². The van der Waals surface area contributed by atoms with Crippen LogP contribution in [0.5, 0.6) is 0 Å². The van der Waals surface area contributed by atoms with Crippen LogP contribution >= 0.6 is 0 Å². The fourth-order valence-electron chi connectivity index (χ4n) is 3.19. The summed E-state index contributed by atoms with van der Waals surface area (Å²) in [5.74, 6) is -0.922. The number of piperazine rings is 1. The molecular formula is C19H16F4N6O. The number of amides is 1. The maximum Gasteiger partial charge on any atom is 0.416 e. The smallest absolute Gasteiger partial charge is 0.366 e. The Kier molecular flexibility index (Phi) is 5.10. The van der Waals surface area contributed by atoms with Gasteiger partial charge in [-0.3, -0.25) is 4.79 Å². The van der Waals surface area contributed by atoms with E-state index in [1.165, 1.54) is 23.1 Å². The molecular weight excluding hydrogens is 404 g/mol. The van der Waals surface area contributed by atoms with Crippen LogP contribution in [0.25, 0.3) is 5.69 Å². The van der Waals surface area contributed by atoms with E-state index < -0.39 is 17.6 Å². The number of anilines is 1. The summed E-state index contributed by atoms with van der Waals surface area (Å²) in [5, 5.41) is 11.5. The Morgan fingerprint density at radius 1 is 0.933 bits per heavy atom. The molecule has 1 saturated heterocycles. The van der Waals surface area contributed by atoms with Crippen molar-refractivity contribution in [3.63, 3.8) is 0 Å². The Morgan fingerprint density at radius 3 is 2.23 bits per heavy atom. The van der Waals surface area contributed by atoms with Gasteiger partial charge in [-0.1, -0.05) is 12.1 Å². The van der Waals surface area contributed by atoms with Crippen molar-refractivity contribution >= 4 is 11.6 Å². The Bertz CT molecular complexity index is 1040. The highest BCUT2D eigenvalue weighted by Gasteiger charge is 2.30. The SMILES string of the molecule is O=C(c1nnn(-c2ccc(C(F)(F)F)cc2)n1)N1CCN(c2ccccc2F)CC1. The van der Waals surface area contributed by atoms with Crippen molar-refractivity contribution in [1.82, 2.24) is 25.1 Å². The van der Waals surface area contributed by atoms with Gasteiger partial charge in [0, 0.05) is 26.2 Å². The zero-order chi connectivity index (χ0) is 21.3. The summed E-state index contributed by atoms with van der Waals surface area (Å²) >= 11 is 0. The van der Waals surface area contributed by atoms with E-state index in [0.29, 0.717) is 31.9 Å². The van der Waals surface area contributed by atoms with E-state index in [2.05, 4.69) is 15.4 Å². The van der Waals surface area contributed by atoms with Crippen molar-refractivity contribution in [3.8, 4) is 5.69 Å². The van der Waals surface area contributed by atoms with Gasteiger partial charge in [0.2, 0.25) is 0 Å². The Labute approximate surface area is 168 Å². The first kappa shape index (κ1) is 19.8. The molecule has 1 aromatic heterocycles. The van der Waals surface area contributed by atoms with E-state index in [9.17, 15) is 22.4 Å². The highest BCUT2D eigenvalue weighted by Crippen LogP contribution is 2.29. The molecule has 2 heterocycles. The maximum atomic E-state index is 13.9. The van der Waals surface area contributed by atoms with Crippen molar-refractivity contribution in [3.05, 3.63) is 65.7 Å². The first-order valence-corrected chi connectivity index (χ1v) is 9.09. The number of carbonyl (C=O) groups excluding carboxylic acids is 1. The number of halogens is 4. The standard InChI is InChI=1S/C19H16F4N6O/c20-15-3-1-2-4-16(15)27-9-11-28(12-10-27)18(30)17-24-26-29(25-17)14-7-5-13(6-8-14)19(21,22)23/h1-8H,9-12H2. The minimum absolute atomic E-state index is 0.158. The van der Waals surface area contributed by atoms with Gasteiger partial charge < -0.3 is 9.80 Å². The molecule has 0 aliphatic carbocycles. The molecule has 156 valence electrons. The molecule has 7 nitrogen and oxygen atoms in total. The zero-order valence-electron chi connectivity index (χ0n) is 15.6. The van der Waals surface area contributed by atoms with Crippen LogP contribution in [0, 0.1) is 5.82 Å². The van der Waals surface area contributed by atoms with Gasteiger partial charge >= 0.3 is 6.18 Å². The number of hydrogen-bond donors (Lipinski definition) is 0. The molecule has 4 rings (SSSR count). The number of alkyl halides is 3. The van der Waals surface area contributed by atoms with Crippen LogP contribution in [0.4, 0.5) is 23.2 Å². The molecule has 30 heavy (non-hydrogen) atoms. The lowest BCUT2D eigenvalue weighted by atomic mass is 10.2. The molecule has 0 unspecified atom stereocenters. The fraction of sp³-hybridized carbons (Fsp3) is 0.263. The van der Waals surface area contributed by atoms with Gasteiger partial charge in [-0.25, -0.2) is 4.39 Å². The number of rotatable bonds is 3. The second-order valence-electron chi connectivity index (χ2n) is 6.68. The number of tetrazole rings is 1. The van der Waals surface area contributed by atoms with Crippen LogP contribution in [0.2, 0.25) is 0 Å². The van der Waals surface area contributed by atoms with Gasteiger partial charge in [-0.05, 0) is 41.6 Å². The molecule has 11 heteroatoms. The highest BCUT2D eigenvalue weighted by molar-refractivity contribution is 5.90. The molecule has 0 spiro atoms. The van der Waals surface area contributed by atoms with Gasteiger partial charge in [-0.15, -0.1) is 15.0 Å². The highest BCUT2D eigenvalue weighted by atomic mass is 19.4. The summed E-state index contributed by atoms with van der Waals surface area (Å²) in [5.41, 5.74) is -0.0646. The predicted octanol–water partition coefficient (Wildman–Crippen LogP) is 2.78. The van der Waals surface area contributed by atoms with Gasteiger partial charge in [-0.2, -0.15) is 13.2 Å². The van der Waals surface area contributed by atoms with Gasteiger partial charge in [0.1, 0.15) is 5.82 Å². The van der Waals surface area contributed by atoms with Crippen LogP contribution in [0.15, 0.2) is 48.5 Å². The van der Waals surface area contributed by atoms with E-state index in [4.69, 9.17) is 0 Å². The van der Waals surface area contributed by atoms with Crippen LogP contribution in [0.1, 0.15) is 16.2 Å². The van der Waals surface area contributed by atoms with Crippen LogP contribution in [-0.2, 0) is 6.18 Å². The normalized spacial score (nSPS) is 14.8. The third kappa shape index (κ3) is 3.95. The van der Waals surface area contributed by atoms with Crippen molar-refractivity contribution in [1.29, 1.82) is 0 Å². The minimum Gasteiger partial charge on any atom is -0.366 e. The van der Waals surface area contributed by atoms with Crippen molar-refractivity contribution < 1.29 is 22.4 Å². The molecule has 0 radical (unpaired) electrons. The first-order chi connectivity index (χ1) is 14.3. The second-order valence-corrected chi connectivity index (χ2v) is 6.68. The summed E-state index contributed by atoms with van der Waals surface area (Å²) in [4.78, 5) is 17.0. The van der Waals surface area contributed by atoms with Crippen LogP contribution in [-0.4, -0.2) is 57.2 Å². The second kappa shape index (κ2) is 7.73. The summed E-state index contributed by atoms with van der Waals surface area (Å²) < 4.78 is 51.9. The lowest BCUT2D eigenvalue weighted by Crippen LogP contribution is -2.49. The third-order valence-corrected chi connectivity index (χ3v) is 4.79. The average molecular weight is 420 g/mol. The minimum atomic E-state index is -4.44. The number of benzene rings is 2. The number of para-hydroxylation sites is 1. The number of aromatic nitrogens is 4. The number of nitrogens with zero attached hydrogens (tertiary/aromatic N) is 6.